The van der Waals surface area contributed by atoms with Crippen LogP contribution in [0.5, 0.6) is 0 Å². The van der Waals surface area contributed by atoms with E-state index < -0.39 is 21.7 Å². The Morgan fingerprint density at radius 3 is 2.67 bits per heavy atom. The summed E-state index contributed by atoms with van der Waals surface area (Å²) in [6, 6.07) is 0. The van der Waals surface area contributed by atoms with Crippen LogP contribution >= 0.6 is 0 Å². The number of sulfonamides is 1. The molecule has 1 atom stereocenters. The molecule has 8 nitrogen and oxygen atoms in total. The second-order valence-electron chi connectivity index (χ2n) is 3.97. The number of aryl methyl sites for hydroxylation is 1. The van der Waals surface area contributed by atoms with Gasteiger partial charge in [-0.05, 0) is 12.8 Å². The zero-order valence-electron chi connectivity index (χ0n) is 9.97. The van der Waals surface area contributed by atoms with E-state index in [-0.39, 0.29) is 29.7 Å². The van der Waals surface area contributed by atoms with Crippen molar-refractivity contribution >= 4 is 16.0 Å². The van der Waals surface area contributed by atoms with Gasteiger partial charge in [-0.2, -0.15) is 5.10 Å². The lowest BCUT2D eigenvalue weighted by Gasteiger charge is -2.10. The van der Waals surface area contributed by atoms with Crippen molar-refractivity contribution in [2.75, 3.05) is 13.2 Å². The van der Waals surface area contributed by atoms with Crippen LogP contribution in [-0.2, 0) is 10.0 Å². The van der Waals surface area contributed by atoms with Gasteiger partial charge < -0.3 is 10.2 Å². The second kappa shape index (κ2) is 5.46. The molecule has 0 spiro atoms. The molecule has 1 heterocycles. The third-order valence-corrected chi connectivity index (χ3v) is 3.88. The number of hydrogen-bond donors (Lipinski definition) is 4. The molecule has 0 aliphatic heterocycles. The standard InChI is InChI=1S/C9H15N3O5S/c1-5(4-13)3-10-18(16,17)8-6(2)11-12-7(8)9(14)15/h5,10,13H,3-4H2,1-2H3,(H,11,12)(H,14,15). The van der Waals surface area contributed by atoms with Crippen LogP contribution in [0.15, 0.2) is 4.90 Å². The summed E-state index contributed by atoms with van der Waals surface area (Å²) in [5, 5.41) is 23.4. The fraction of sp³-hybridized carbons (Fsp3) is 0.556. The molecule has 1 rings (SSSR count). The summed E-state index contributed by atoms with van der Waals surface area (Å²) in [6.07, 6.45) is 0. The average molecular weight is 277 g/mol. The quantitative estimate of drug-likeness (QED) is 0.544. The molecule has 1 unspecified atom stereocenters. The molecule has 0 saturated heterocycles. The van der Waals surface area contributed by atoms with E-state index in [1.165, 1.54) is 6.92 Å². The van der Waals surface area contributed by atoms with Gasteiger partial charge in [0.25, 0.3) is 0 Å². The maximum absolute atomic E-state index is 11.9. The molecule has 0 aliphatic rings. The monoisotopic (exact) mass is 277 g/mol. The molecule has 1 aromatic heterocycles. The number of carboxylic acids is 1. The second-order valence-corrected chi connectivity index (χ2v) is 5.67. The summed E-state index contributed by atoms with van der Waals surface area (Å²) in [6.45, 7) is 2.92. The Labute approximate surface area is 104 Å². The van der Waals surface area contributed by atoms with Crippen LogP contribution < -0.4 is 4.72 Å². The van der Waals surface area contributed by atoms with Crippen molar-refractivity contribution in [2.45, 2.75) is 18.7 Å². The Morgan fingerprint density at radius 2 is 2.17 bits per heavy atom. The first-order valence-electron chi connectivity index (χ1n) is 5.18. The number of carbonyl (C=O) groups is 1. The number of aliphatic hydroxyl groups excluding tert-OH is 1. The van der Waals surface area contributed by atoms with Gasteiger partial charge >= 0.3 is 5.97 Å². The molecule has 102 valence electrons. The number of aromatic amines is 1. The number of aromatic nitrogens is 2. The highest BCUT2D eigenvalue weighted by molar-refractivity contribution is 7.89. The predicted octanol–water partition coefficient (Wildman–Crippen LogP) is -0.677. The molecule has 0 amide bonds. The van der Waals surface area contributed by atoms with Crippen molar-refractivity contribution in [2.24, 2.45) is 5.92 Å². The molecule has 4 N–H and O–H groups in total. The average Bonchev–Trinajstić information content (AvgIpc) is 2.69. The van der Waals surface area contributed by atoms with Crippen LogP contribution in [0.4, 0.5) is 0 Å². The van der Waals surface area contributed by atoms with Crippen molar-refractivity contribution in [1.29, 1.82) is 0 Å². The van der Waals surface area contributed by atoms with Crippen LogP contribution in [0.25, 0.3) is 0 Å². The third kappa shape index (κ3) is 3.06. The summed E-state index contributed by atoms with van der Waals surface area (Å²) >= 11 is 0. The zero-order valence-corrected chi connectivity index (χ0v) is 10.8. The largest absolute Gasteiger partial charge is 0.476 e. The lowest BCUT2D eigenvalue weighted by atomic mass is 10.2. The Bertz CT molecular complexity index is 536. The summed E-state index contributed by atoms with van der Waals surface area (Å²) in [7, 11) is -3.96. The normalized spacial score (nSPS) is 13.5. The molecule has 0 saturated carbocycles. The van der Waals surface area contributed by atoms with Gasteiger partial charge in [0, 0.05) is 13.2 Å². The lowest BCUT2D eigenvalue weighted by Crippen LogP contribution is -2.30. The molecule has 18 heavy (non-hydrogen) atoms. The van der Waals surface area contributed by atoms with Crippen molar-refractivity contribution in [3.05, 3.63) is 11.4 Å². The smallest absolute Gasteiger partial charge is 0.357 e. The number of nitrogens with one attached hydrogen (secondary N) is 2. The van der Waals surface area contributed by atoms with E-state index in [1.807, 2.05) is 0 Å². The fourth-order valence-corrected chi connectivity index (χ4v) is 2.77. The van der Waals surface area contributed by atoms with Crippen LogP contribution in [0.3, 0.4) is 0 Å². The first-order valence-corrected chi connectivity index (χ1v) is 6.66. The van der Waals surface area contributed by atoms with Gasteiger partial charge in [-0.15, -0.1) is 0 Å². The first-order chi connectivity index (χ1) is 8.29. The highest BCUT2D eigenvalue weighted by Crippen LogP contribution is 2.17. The van der Waals surface area contributed by atoms with Gasteiger partial charge in [0.05, 0.1) is 5.69 Å². The predicted molar refractivity (Wildman–Crippen MR) is 61.7 cm³/mol. The molecule has 0 radical (unpaired) electrons. The minimum Gasteiger partial charge on any atom is -0.476 e. The molecule has 9 heteroatoms. The van der Waals surface area contributed by atoms with Crippen molar-refractivity contribution in [3.63, 3.8) is 0 Å². The van der Waals surface area contributed by atoms with Gasteiger partial charge in [-0.1, -0.05) is 6.92 Å². The van der Waals surface area contributed by atoms with Gasteiger partial charge in [-0.25, -0.2) is 17.9 Å². The SMILES string of the molecule is Cc1[nH]nc(C(=O)O)c1S(=O)(=O)NCC(C)CO. The Morgan fingerprint density at radius 1 is 1.56 bits per heavy atom. The van der Waals surface area contributed by atoms with Crippen LogP contribution in [0.2, 0.25) is 0 Å². The van der Waals surface area contributed by atoms with E-state index in [0.29, 0.717) is 0 Å². The van der Waals surface area contributed by atoms with Crippen LogP contribution in [0, 0.1) is 12.8 Å². The van der Waals surface area contributed by atoms with E-state index >= 15 is 0 Å². The maximum atomic E-state index is 11.9. The maximum Gasteiger partial charge on any atom is 0.357 e. The molecule has 0 bridgehead atoms. The molecule has 1 aromatic rings. The topological polar surface area (TPSA) is 132 Å². The van der Waals surface area contributed by atoms with Crippen molar-refractivity contribution in [3.8, 4) is 0 Å². The van der Waals surface area contributed by atoms with Gasteiger partial charge in [-0.3, -0.25) is 5.10 Å². The number of carboxylic acid groups (broad SMARTS) is 1. The van der Waals surface area contributed by atoms with E-state index in [1.54, 1.807) is 6.92 Å². The van der Waals surface area contributed by atoms with Gasteiger partial charge in [0.1, 0.15) is 4.90 Å². The molecule has 0 aliphatic carbocycles. The molecule has 0 fully saturated rings. The molecule has 0 aromatic carbocycles. The van der Waals surface area contributed by atoms with E-state index in [9.17, 15) is 13.2 Å². The third-order valence-electron chi connectivity index (χ3n) is 2.30. The number of hydrogen-bond acceptors (Lipinski definition) is 5. The summed E-state index contributed by atoms with van der Waals surface area (Å²) in [5.41, 5.74) is -0.395. The number of H-pyrrole nitrogens is 1. The summed E-state index contributed by atoms with van der Waals surface area (Å²) in [5.74, 6) is -1.69. The first kappa shape index (κ1) is 14.6. The highest BCUT2D eigenvalue weighted by Gasteiger charge is 2.28. The summed E-state index contributed by atoms with van der Waals surface area (Å²) in [4.78, 5) is 10.5. The van der Waals surface area contributed by atoms with Crippen LogP contribution in [0.1, 0.15) is 23.1 Å². The van der Waals surface area contributed by atoms with Gasteiger partial charge in [0.15, 0.2) is 5.69 Å². The van der Waals surface area contributed by atoms with Crippen LogP contribution in [-0.4, -0.2) is 47.9 Å². The van der Waals surface area contributed by atoms with Crippen molar-refractivity contribution in [1.82, 2.24) is 14.9 Å². The lowest BCUT2D eigenvalue weighted by molar-refractivity contribution is 0.0686. The van der Waals surface area contributed by atoms with Gasteiger partial charge in [0.2, 0.25) is 10.0 Å². The Hall–Kier alpha value is -1.45. The number of rotatable bonds is 6. The van der Waals surface area contributed by atoms with E-state index in [2.05, 4.69) is 14.9 Å². The zero-order chi connectivity index (χ0) is 13.9. The Kier molecular flexibility index (Phi) is 4.43. The molecular formula is C9H15N3O5S. The number of aliphatic hydroxyl groups is 1. The van der Waals surface area contributed by atoms with E-state index in [0.717, 1.165) is 0 Å². The fourth-order valence-electron chi connectivity index (χ4n) is 1.28. The minimum absolute atomic E-state index is 0.0164. The Balaban J connectivity index is 3.05. The minimum atomic E-state index is -3.96. The number of aromatic carboxylic acids is 1. The highest BCUT2D eigenvalue weighted by atomic mass is 32.2. The molecular weight excluding hydrogens is 262 g/mol. The summed E-state index contributed by atoms with van der Waals surface area (Å²) < 4.78 is 26.1. The van der Waals surface area contributed by atoms with E-state index in [4.69, 9.17) is 10.2 Å². The number of nitrogens with zero attached hydrogens (tertiary/aromatic N) is 1. The van der Waals surface area contributed by atoms with Crippen molar-refractivity contribution < 1.29 is 23.4 Å².